The number of aromatic amines is 1. The molecule has 136 valence electrons. The zero-order chi connectivity index (χ0) is 17.9. The molecule has 1 aromatic rings. The van der Waals surface area contributed by atoms with Gasteiger partial charge in [-0.15, -0.1) is 0 Å². The number of nitrogens with one attached hydrogen (secondary N) is 3. The molecule has 0 unspecified atom stereocenters. The number of imide groups is 1. The van der Waals surface area contributed by atoms with Crippen LogP contribution in [0.25, 0.3) is 0 Å². The highest BCUT2D eigenvalue weighted by atomic mass is 16.2. The molecule has 1 aliphatic carbocycles. The highest BCUT2D eigenvalue weighted by Crippen LogP contribution is 2.37. The number of amides is 4. The number of carbonyl (C=O) groups excluding carboxylic acids is 3. The fourth-order valence-electron chi connectivity index (χ4n) is 3.69. The van der Waals surface area contributed by atoms with Crippen molar-refractivity contribution in [2.75, 3.05) is 13.1 Å². The summed E-state index contributed by atoms with van der Waals surface area (Å²) in [5, 5.41) is 5.56. The molecule has 1 saturated carbocycles. The van der Waals surface area contributed by atoms with Gasteiger partial charge in [0.25, 0.3) is 5.91 Å². The second kappa shape index (κ2) is 7.25. The number of carbonyl (C=O) groups is 3. The molecule has 2 aliphatic rings. The first-order valence-corrected chi connectivity index (χ1v) is 8.93. The van der Waals surface area contributed by atoms with Gasteiger partial charge in [-0.2, -0.15) is 0 Å². The van der Waals surface area contributed by atoms with E-state index in [1.807, 2.05) is 0 Å². The average Bonchev–Trinajstić information content (AvgIpc) is 3.19. The van der Waals surface area contributed by atoms with E-state index in [2.05, 4.69) is 27.5 Å². The number of hydrogen-bond donors (Lipinski definition) is 3. The van der Waals surface area contributed by atoms with E-state index >= 15 is 0 Å². The van der Waals surface area contributed by atoms with E-state index in [1.165, 1.54) is 0 Å². The van der Waals surface area contributed by atoms with Crippen molar-refractivity contribution in [1.29, 1.82) is 0 Å². The molecule has 8 nitrogen and oxygen atoms in total. The number of rotatable bonds is 6. The van der Waals surface area contributed by atoms with Crippen molar-refractivity contribution in [2.45, 2.75) is 51.0 Å². The van der Waals surface area contributed by atoms with Crippen molar-refractivity contribution >= 4 is 17.8 Å². The van der Waals surface area contributed by atoms with Gasteiger partial charge in [0, 0.05) is 25.4 Å². The van der Waals surface area contributed by atoms with Gasteiger partial charge in [0.05, 0.1) is 0 Å². The maximum atomic E-state index is 12.7. The third kappa shape index (κ3) is 3.67. The molecule has 1 aliphatic heterocycles. The fraction of sp³-hybridized carbons (Fsp3) is 0.647. The number of nitrogens with zero attached hydrogens (tertiary/aromatic N) is 2. The Morgan fingerprint density at radius 2 is 2.16 bits per heavy atom. The van der Waals surface area contributed by atoms with Crippen LogP contribution in [0.3, 0.4) is 0 Å². The van der Waals surface area contributed by atoms with Crippen LogP contribution in [0.2, 0.25) is 0 Å². The SMILES string of the molecule is CCC1CCC2(CC1)NC(=O)N(CC(=O)NCCc1ncc[nH]1)C2=O. The van der Waals surface area contributed by atoms with E-state index < -0.39 is 11.6 Å². The molecule has 8 heteroatoms. The summed E-state index contributed by atoms with van der Waals surface area (Å²) in [6.07, 6.45) is 8.23. The predicted molar refractivity (Wildman–Crippen MR) is 90.5 cm³/mol. The monoisotopic (exact) mass is 347 g/mol. The lowest BCUT2D eigenvalue weighted by molar-refractivity contribution is -0.136. The number of urea groups is 1. The molecule has 4 amide bonds. The average molecular weight is 347 g/mol. The molecule has 0 aromatic carbocycles. The smallest absolute Gasteiger partial charge is 0.325 e. The molecule has 1 spiro atoms. The molecule has 0 bridgehead atoms. The number of imidazole rings is 1. The van der Waals surface area contributed by atoms with Crippen molar-refractivity contribution in [3.8, 4) is 0 Å². The van der Waals surface area contributed by atoms with Gasteiger partial charge in [-0.05, 0) is 31.6 Å². The third-order valence-electron chi connectivity index (χ3n) is 5.32. The Balaban J connectivity index is 1.51. The summed E-state index contributed by atoms with van der Waals surface area (Å²) < 4.78 is 0. The quantitative estimate of drug-likeness (QED) is 0.666. The number of hydrogen-bond acceptors (Lipinski definition) is 4. The maximum absolute atomic E-state index is 12.7. The lowest BCUT2D eigenvalue weighted by Crippen LogP contribution is -2.50. The summed E-state index contributed by atoms with van der Waals surface area (Å²) in [6.45, 7) is 2.32. The summed E-state index contributed by atoms with van der Waals surface area (Å²) in [5.74, 6) is 0.804. The Morgan fingerprint density at radius 3 is 2.80 bits per heavy atom. The van der Waals surface area contributed by atoms with Crippen molar-refractivity contribution in [3.63, 3.8) is 0 Å². The zero-order valence-corrected chi connectivity index (χ0v) is 14.5. The Morgan fingerprint density at radius 1 is 1.40 bits per heavy atom. The Bertz CT molecular complexity index is 635. The van der Waals surface area contributed by atoms with E-state index in [0.717, 1.165) is 30.0 Å². The van der Waals surface area contributed by atoms with E-state index in [0.29, 0.717) is 31.7 Å². The van der Waals surface area contributed by atoms with Crippen LogP contribution in [0.1, 0.15) is 44.9 Å². The van der Waals surface area contributed by atoms with Crippen LogP contribution >= 0.6 is 0 Å². The normalized spacial score (nSPS) is 26.1. The van der Waals surface area contributed by atoms with Crippen molar-refractivity contribution < 1.29 is 14.4 Å². The van der Waals surface area contributed by atoms with Crippen LogP contribution in [0, 0.1) is 5.92 Å². The van der Waals surface area contributed by atoms with Gasteiger partial charge in [-0.25, -0.2) is 9.78 Å². The first-order valence-electron chi connectivity index (χ1n) is 8.93. The summed E-state index contributed by atoms with van der Waals surface area (Å²) in [7, 11) is 0. The Kier molecular flexibility index (Phi) is 5.06. The molecule has 0 atom stereocenters. The zero-order valence-electron chi connectivity index (χ0n) is 14.5. The second-order valence-corrected chi connectivity index (χ2v) is 6.89. The van der Waals surface area contributed by atoms with E-state index in [9.17, 15) is 14.4 Å². The second-order valence-electron chi connectivity index (χ2n) is 6.89. The van der Waals surface area contributed by atoms with Gasteiger partial charge in [0.15, 0.2) is 0 Å². The molecular formula is C17H25N5O3. The summed E-state index contributed by atoms with van der Waals surface area (Å²) in [5.41, 5.74) is -0.794. The van der Waals surface area contributed by atoms with Crippen molar-refractivity contribution in [1.82, 2.24) is 25.5 Å². The molecule has 3 rings (SSSR count). The molecule has 2 heterocycles. The van der Waals surface area contributed by atoms with E-state index in [1.54, 1.807) is 12.4 Å². The summed E-state index contributed by atoms with van der Waals surface area (Å²) >= 11 is 0. The predicted octanol–water partition coefficient (Wildman–Crippen LogP) is 0.959. The van der Waals surface area contributed by atoms with Crippen molar-refractivity contribution in [2.24, 2.45) is 5.92 Å². The molecule has 25 heavy (non-hydrogen) atoms. The standard InChI is InChI=1S/C17H25N5O3/c1-2-12-3-6-17(7-4-12)15(24)22(16(25)21-17)11-14(23)20-8-5-13-18-9-10-19-13/h9-10,12H,2-8,11H2,1H3,(H,18,19)(H,20,23)(H,21,25). The minimum atomic E-state index is -0.794. The lowest BCUT2D eigenvalue weighted by Gasteiger charge is -2.34. The van der Waals surface area contributed by atoms with E-state index in [-0.39, 0.29) is 18.4 Å². The van der Waals surface area contributed by atoms with Gasteiger partial charge < -0.3 is 15.6 Å². The number of H-pyrrole nitrogens is 1. The minimum Gasteiger partial charge on any atom is -0.354 e. The van der Waals surface area contributed by atoms with E-state index in [4.69, 9.17) is 0 Å². The molecular weight excluding hydrogens is 322 g/mol. The van der Waals surface area contributed by atoms with Gasteiger partial charge in [-0.3, -0.25) is 14.5 Å². The Labute approximate surface area is 146 Å². The first-order chi connectivity index (χ1) is 12.0. The van der Waals surface area contributed by atoms with Crippen LogP contribution in [-0.2, 0) is 16.0 Å². The molecule has 1 aromatic heterocycles. The van der Waals surface area contributed by atoms with Crippen LogP contribution in [-0.4, -0.2) is 51.3 Å². The summed E-state index contributed by atoms with van der Waals surface area (Å²) in [4.78, 5) is 45.1. The highest BCUT2D eigenvalue weighted by Gasteiger charge is 2.52. The molecule has 2 fully saturated rings. The van der Waals surface area contributed by atoms with Gasteiger partial charge in [-0.1, -0.05) is 13.3 Å². The van der Waals surface area contributed by atoms with Gasteiger partial charge >= 0.3 is 6.03 Å². The van der Waals surface area contributed by atoms with Crippen LogP contribution in [0.5, 0.6) is 0 Å². The first kappa shape index (κ1) is 17.4. The van der Waals surface area contributed by atoms with Crippen LogP contribution < -0.4 is 10.6 Å². The van der Waals surface area contributed by atoms with Gasteiger partial charge in [0.2, 0.25) is 5.91 Å². The molecule has 0 radical (unpaired) electrons. The van der Waals surface area contributed by atoms with Crippen molar-refractivity contribution in [3.05, 3.63) is 18.2 Å². The minimum absolute atomic E-state index is 0.234. The molecule has 3 N–H and O–H groups in total. The fourth-order valence-corrected chi connectivity index (χ4v) is 3.69. The van der Waals surface area contributed by atoms with Crippen LogP contribution in [0.15, 0.2) is 12.4 Å². The third-order valence-corrected chi connectivity index (χ3v) is 5.32. The lowest BCUT2D eigenvalue weighted by atomic mass is 9.75. The largest absolute Gasteiger partial charge is 0.354 e. The van der Waals surface area contributed by atoms with Gasteiger partial charge in [0.1, 0.15) is 17.9 Å². The van der Waals surface area contributed by atoms with Crippen LogP contribution in [0.4, 0.5) is 4.79 Å². The topological polar surface area (TPSA) is 107 Å². The highest BCUT2D eigenvalue weighted by molar-refractivity contribution is 6.09. The maximum Gasteiger partial charge on any atom is 0.325 e. The molecule has 1 saturated heterocycles. The number of aromatic nitrogens is 2. The summed E-state index contributed by atoms with van der Waals surface area (Å²) in [6, 6.07) is -0.457. The Hall–Kier alpha value is -2.38.